The van der Waals surface area contributed by atoms with E-state index in [-0.39, 0.29) is 29.8 Å². The Kier molecular flexibility index (Phi) is 7.49. The van der Waals surface area contributed by atoms with Gasteiger partial charge in [-0.15, -0.1) is 0 Å². The summed E-state index contributed by atoms with van der Waals surface area (Å²) in [6, 6.07) is 19.1. The lowest BCUT2D eigenvalue weighted by atomic mass is 10.0. The third-order valence-corrected chi connectivity index (χ3v) is 7.56. The van der Waals surface area contributed by atoms with Crippen LogP contribution in [0.1, 0.15) is 42.6 Å². The molecule has 1 unspecified atom stereocenters. The van der Waals surface area contributed by atoms with Gasteiger partial charge in [-0.25, -0.2) is 4.98 Å². The molecular weight excluding hydrogens is 492 g/mol. The summed E-state index contributed by atoms with van der Waals surface area (Å²) >= 11 is 0. The molecule has 0 saturated carbocycles. The summed E-state index contributed by atoms with van der Waals surface area (Å²) in [7, 11) is 1.78. The first-order valence-corrected chi connectivity index (χ1v) is 13.3. The number of aromatic nitrogens is 1. The van der Waals surface area contributed by atoms with Crippen LogP contribution in [0, 0.1) is 0 Å². The maximum absolute atomic E-state index is 13.0. The van der Waals surface area contributed by atoms with Gasteiger partial charge in [0.2, 0.25) is 11.8 Å². The molecule has 2 N–H and O–H groups in total. The van der Waals surface area contributed by atoms with E-state index >= 15 is 0 Å². The highest BCUT2D eigenvalue weighted by atomic mass is 16.2. The van der Waals surface area contributed by atoms with Gasteiger partial charge >= 0.3 is 0 Å². The van der Waals surface area contributed by atoms with Gasteiger partial charge in [-0.05, 0) is 43.5 Å². The molecule has 1 aromatic heterocycles. The lowest BCUT2D eigenvalue weighted by Crippen LogP contribution is -2.50. The van der Waals surface area contributed by atoms with Gasteiger partial charge in [0.05, 0.1) is 17.6 Å². The molecule has 9 heteroatoms. The van der Waals surface area contributed by atoms with Crippen molar-refractivity contribution in [2.24, 2.45) is 0 Å². The van der Waals surface area contributed by atoms with Crippen LogP contribution in [0.5, 0.6) is 0 Å². The number of benzene rings is 2. The molecule has 3 heterocycles. The number of hydrogen-bond acceptors (Lipinski definition) is 6. The highest BCUT2D eigenvalue weighted by Crippen LogP contribution is 2.37. The van der Waals surface area contributed by atoms with E-state index in [0.29, 0.717) is 31.0 Å². The number of amides is 3. The van der Waals surface area contributed by atoms with E-state index in [1.54, 1.807) is 37.2 Å². The summed E-state index contributed by atoms with van der Waals surface area (Å²) in [6.45, 7) is 5.41. The first-order chi connectivity index (χ1) is 18.8. The van der Waals surface area contributed by atoms with Gasteiger partial charge in [0, 0.05) is 57.0 Å². The van der Waals surface area contributed by atoms with Crippen LogP contribution in [0.3, 0.4) is 0 Å². The number of likely N-dealkylation sites (tertiary alicyclic amines) is 1. The largest absolute Gasteiger partial charge is 0.354 e. The molecule has 1 saturated heterocycles. The number of piperidine rings is 1. The number of rotatable bonds is 6. The Morgan fingerprint density at radius 2 is 1.74 bits per heavy atom. The Bertz CT molecular complexity index is 1370. The van der Waals surface area contributed by atoms with Crippen molar-refractivity contribution < 1.29 is 14.4 Å². The fourth-order valence-corrected chi connectivity index (χ4v) is 5.23. The van der Waals surface area contributed by atoms with E-state index in [2.05, 4.69) is 32.7 Å². The van der Waals surface area contributed by atoms with Gasteiger partial charge < -0.3 is 25.3 Å². The zero-order chi connectivity index (χ0) is 27.5. The van der Waals surface area contributed by atoms with E-state index in [0.717, 1.165) is 35.5 Å². The number of anilines is 4. The zero-order valence-corrected chi connectivity index (χ0v) is 22.6. The van der Waals surface area contributed by atoms with E-state index in [9.17, 15) is 14.4 Å². The fourth-order valence-electron chi connectivity index (χ4n) is 5.23. The number of nitrogens with zero attached hydrogens (tertiary/aromatic N) is 4. The van der Waals surface area contributed by atoms with E-state index in [1.807, 2.05) is 48.2 Å². The van der Waals surface area contributed by atoms with Crippen LogP contribution in [0.15, 0.2) is 66.9 Å². The third-order valence-electron chi connectivity index (χ3n) is 7.56. The van der Waals surface area contributed by atoms with Crippen molar-refractivity contribution in [1.29, 1.82) is 0 Å². The van der Waals surface area contributed by atoms with Crippen LogP contribution in [0.25, 0.3) is 0 Å². The van der Waals surface area contributed by atoms with Crippen molar-refractivity contribution in [2.75, 3.05) is 35.3 Å². The zero-order valence-electron chi connectivity index (χ0n) is 22.6. The Labute approximate surface area is 228 Å². The Morgan fingerprint density at radius 3 is 2.46 bits per heavy atom. The van der Waals surface area contributed by atoms with Crippen LogP contribution in [0.4, 0.5) is 22.9 Å². The smallest absolute Gasteiger partial charge is 0.251 e. The van der Waals surface area contributed by atoms with Crippen LogP contribution in [0.2, 0.25) is 0 Å². The Balaban J connectivity index is 1.32. The molecule has 0 radical (unpaired) electrons. The van der Waals surface area contributed by atoms with Crippen LogP contribution in [-0.4, -0.2) is 59.8 Å². The highest BCUT2D eigenvalue weighted by molar-refractivity contribution is 6.05. The number of fused-ring (bicyclic) bond motifs is 1. The lowest BCUT2D eigenvalue weighted by Gasteiger charge is -2.40. The molecule has 0 bridgehead atoms. The molecule has 9 nitrogen and oxygen atoms in total. The Hall–Kier alpha value is -4.40. The molecule has 3 amide bonds. The maximum Gasteiger partial charge on any atom is 0.251 e. The summed E-state index contributed by atoms with van der Waals surface area (Å²) in [5.41, 5.74) is 4.07. The minimum Gasteiger partial charge on any atom is -0.354 e. The molecule has 39 heavy (non-hydrogen) atoms. The summed E-state index contributed by atoms with van der Waals surface area (Å²) in [5.74, 6) is 0.578. The number of likely N-dealkylation sites (N-methyl/N-ethyl adjacent to an activating group) is 1. The standard InChI is InChI=1S/C30H34N6O3/c1-20-30(39)34(3)27-18-31-28(17-26(27)36(20)19-22-8-5-4-6-9-22)32-25-11-7-10-23(16-25)29(38)33-24-12-14-35(15-13-24)21(2)37/h4-11,16-18,20,24H,12-15,19H2,1-3H3,(H,31,32)(H,33,38). The number of pyridine rings is 1. The molecule has 2 aromatic carbocycles. The molecule has 2 aliphatic heterocycles. The molecule has 2 aliphatic rings. The molecule has 5 rings (SSSR count). The first kappa shape index (κ1) is 26.2. The average molecular weight is 527 g/mol. The number of nitrogens with one attached hydrogen (secondary N) is 2. The minimum atomic E-state index is -0.327. The van der Waals surface area contributed by atoms with E-state index in [4.69, 9.17) is 0 Å². The van der Waals surface area contributed by atoms with Crippen LogP contribution < -0.4 is 20.4 Å². The predicted molar refractivity (Wildman–Crippen MR) is 152 cm³/mol. The Morgan fingerprint density at radius 1 is 1.00 bits per heavy atom. The molecule has 1 atom stereocenters. The van der Waals surface area contributed by atoms with Gasteiger partial charge in [0.25, 0.3) is 5.91 Å². The molecule has 202 valence electrons. The molecular formula is C30H34N6O3. The summed E-state index contributed by atoms with van der Waals surface area (Å²) in [4.78, 5) is 47.6. The quantitative estimate of drug-likeness (QED) is 0.505. The van der Waals surface area contributed by atoms with Crippen molar-refractivity contribution in [3.8, 4) is 0 Å². The van der Waals surface area contributed by atoms with Crippen molar-refractivity contribution in [3.05, 3.63) is 78.0 Å². The monoisotopic (exact) mass is 526 g/mol. The maximum atomic E-state index is 13.0. The summed E-state index contributed by atoms with van der Waals surface area (Å²) < 4.78 is 0. The summed E-state index contributed by atoms with van der Waals surface area (Å²) in [5, 5.41) is 6.44. The molecule has 0 aliphatic carbocycles. The van der Waals surface area contributed by atoms with Gasteiger partial charge in [0.1, 0.15) is 11.9 Å². The molecule has 0 spiro atoms. The number of hydrogen-bond donors (Lipinski definition) is 2. The normalized spacial score (nSPS) is 17.6. The third kappa shape index (κ3) is 5.72. The minimum absolute atomic E-state index is 0.0200. The van der Waals surface area contributed by atoms with Gasteiger partial charge in [-0.3, -0.25) is 14.4 Å². The first-order valence-electron chi connectivity index (χ1n) is 13.3. The predicted octanol–water partition coefficient (Wildman–Crippen LogP) is 3.94. The van der Waals surface area contributed by atoms with E-state index in [1.165, 1.54) is 0 Å². The van der Waals surface area contributed by atoms with Crippen molar-refractivity contribution in [2.45, 2.75) is 45.3 Å². The van der Waals surface area contributed by atoms with Crippen molar-refractivity contribution in [1.82, 2.24) is 15.2 Å². The van der Waals surface area contributed by atoms with Crippen molar-refractivity contribution in [3.63, 3.8) is 0 Å². The molecule has 1 fully saturated rings. The molecule has 3 aromatic rings. The number of carbonyl (C=O) groups excluding carboxylic acids is 3. The second-order valence-corrected chi connectivity index (χ2v) is 10.2. The average Bonchev–Trinajstić information content (AvgIpc) is 2.95. The SMILES string of the molecule is CC(=O)N1CCC(NC(=O)c2cccc(Nc3cc4c(cn3)N(C)C(=O)C(C)N4Cc3ccccc3)c2)CC1. The highest BCUT2D eigenvalue weighted by Gasteiger charge is 2.34. The van der Waals surface area contributed by atoms with Gasteiger partial charge in [0.15, 0.2) is 0 Å². The topological polar surface area (TPSA) is 97.9 Å². The summed E-state index contributed by atoms with van der Waals surface area (Å²) in [6.07, 6.45) is 3.21. The number of carbonyl (C=O) groups is 3. The van der Waals surface area contributed by atoms with E-state index < -0.39 is 0 Å². The van der Waals surface area contributed by atoms with Crippen LogP contribution in [-0.2, 0) is 16.1 Å². The fraction of sp³-hybridized carbons (Fsp3) is 0.333. The van der Waals surface area contributed by atoms with Gasteiger partial charge in [-0.1, -0.05) is 36.4 Å². The second-order valence-electron chi connectivity index (χ2n) is 10.2. The second kappa shape index (κ2) is 11.1. The van der Waals surface area contributed by atoms with Gasteiger partial charge in [-0.2, -0.15) is 0 Å². The lowest BCUT2D eigenvalue weighted by molar-refractivity contribution is -0.129. The van der Waals surface area contributed by atoms with Crippen LogP contribution >= 0.6 is 0 Å². The van der Waals surface area contributed by atoms with Crippen molar-refractivity contribution >= 4 is 40.6 Å².